The highest BCUT2D eigenvalue weighted by Gasteiger charge is 2.31. The molecule has 2 heterocycles. The maximum atomic E-state index is 14.3. The summed E-state index contributed by atoms with van der Waals surface area (Å²) in [5.41, 5.74) is 2.26. The van der Waals surface area contributed by atoms with E-state index in [0.29, 0.717) is 56.5 Å². The summed E-state index contributed by atoms with van der Waals surface area (Å²) in [5, 5.41) is 0. The summed E-state index contributed by atoms with van der Waals surface area (Å²) in [7, 11) is -3.58. The number of aromatic nitrogens is 2. The molecular weight excluding hydrogens is 443 g/mol. The second kappa shape index (κ2) is 9.13. The van der Waals surface area contributed by atoms with Crippen LogP contribution in [0.25, 0.3) is 11.0 Å². The van der Waals surface area contributed by atoms with E-state index < -0.39 is 10.0 Å². The van der Waals surface area contributed by atoms with Crippen LogP contribution in [-0.2, 0) is 34.4 Å². The molecule has 1 saturated carbocycles. The topological polar surface area (TPSA) is 67.7 Å². The molecule has 0 amide bonds. The molecule has 1 aliphatic carbocycles. The van der Waals surface area contributed by atoms with Crippen molar-refractivity contribution in [3.05, 3.63) is 59.7 Å². The lowest BCUT2D eigenvalue weighted by molar-refractivity contribution is 0.0730. The number of imidazole rings is 1. The van der Waals surface area contributed by atoms with E-state index in [0.717, 1.165) is 30.7 Å². The highest BCUT2D eigenvalue weighted by atomic mass is 32.2. The van der Waals surface area contributed by atoms with Gasteiger partial charge < -0.3 is 9.30 Å². The van der Waals surface area contributed by atoms with Crippen molar-refractivity contribution in [1.29, 1.82) is 0 Å². The van der Waals surface area contributed by atoms with E-state index in [1.54, 1.807) is 18.2 Å². The van der Waals surface area contributed by atoms with Crippen LogP contribution in [0.15, 0.2) is 47.4 Å². The zero-order valence-corrected chi connectivity index (χ0v) is 19.6. The second-order valence-electron chi connectivity index (χ2n) is 8.67. The Labute approximate surface area is 193 Å². The fourth-order valence-corrected chi connectivity index (χ4v) is 5.94. The number of benzene rings is 2. The molecule has 3 aromatic rings. The predicted molar refractivity (Wildman–Crippen MR) is 124 cm³/mol. The molecule has 0 atom stereocenters. The number of morpholine rings is 1. The quantitative estimate of drug-likeness (QED) is 0.503. The molecule has 2 aliphatic rings. The van der Waals surface area contributed by atoms with Gasteiger partial charge in [0.1, 0.15) is 11.6 Å². The van der Waals surface area contributed by atoms with Gasteiger partial charge in [0, 0.05) is 37.8 Å². The molecule has 2 fully saturated rings. The Balaban J connectivity index is 1.45. The van der Waals surface area contributed by atoms with Crippen LogP contribution < -0.4 is 0 Å². The molecule has 7 nitrogen and oxygen atoms in total. The molecule has 33 heavy (non-hydrogen) atoms. The standard InChI is InChI=1S/C24H29FN4O3S/c1-2-29-23-10-9-20(33(30,31)28-11-13-32-14-12-28)15-22(23)26-24(29)17-27(19-7-8-19)16-18-5-3-4-6-21(18)25/h3-6,9-10,15,19H,2,7-8,11-14,16-17H2,1H3. The van der Waals surface area contributed by atoms with Crippen molar-refractivity contribution in [2.24, 2.45) is 0 Å². The van der Waals surface area contributed by atoms with E-state index in [4.69, 9.17) is 9.72 Å². The first-order valence-corrected chi connectivity index (χ1v) is 13.0. The Bertz CT molecular complexity index is 1250. The number of rotatable bonds is 8. The van der Waals surface area contributed by atoms with E-state index in [1.807, 2.05) is 18.2 Å². The number of ether oxygens (including phenoxy) is 1. The van der Waals surface area contributed by atoms with E-state index in [2.05, 4.69) is 16.4 Å². The van der Waals surface area contributed by atoms with Gasteiger partial charge in [-0.2, -0.15) is 4.31 Å². The molecule has 0 N–H and O–H groups in total. The molecule has 0 bridgehead atoms. The summed E-state index contributed by atoms with van der Waals surface area (Å²) in [4.78, 5) is 7.37. The van der Waals surface area contributed by atoms with Gasteiger partial charge in [-0.3, -0.25) is 4.90 Å². The monoisotopic (exact) mass is 472 g/mol. The summed E-state index contributed by atoms with van der Waals surface area (Å²) in [6, 6.07) is 12.5. The van der Waals surface area contributed by atoms with E-state index >= 15 is 0 Å². The molecule has 1 aliphatic heterocycles. The highest BCUT2D eigenvalue weighted by molar-refractivity contribution is 7.89. The van der Waals surface area contributed by atoms with Crippen LogP contribution in [0.3, 0.4) is 0 Å². The van der Waals surface area contributed by atoms with Crippen molar-refractivity contribution >= 4 is 21.1 Å². The average molecular weight is 473 g/mol. The number of sulfonamides is 1. The maximum absolute atomic E-state index is 14.3. The Morgan fingerprint density at radius 1 is 1.12 bits per heavy atom. The normalized spacial score (nSPS) is 17.8. The minimum absolute atomic E-state index is 0.190. The van der Waals surface area contributed by atoms with E-state index in [-0.39, 0.29) is 10.7 Å². The van der Waals surface area contributed by atoms with Crippen molar-refractivity contribution in [3.63, 3.8) is 0 Å². The van der Waals surface area contributed by atoms with Crippen molar-refractivity contribution in [2.75, 3.05) is 26.3 Å². The Hall–Kier alpha value is -2.33. The molecule has 1 aromatic heterocycles. The third-order valence-electron chi connectivity index (χ3n) is 6.46. The van der Waals surface area contributed by atoms with Crippen LogP contribution >= 0.6 is 0 Å². The van der Waals surface area contributed by atoms with Gasteiger partial charge in [-0.05, 0) is 44.0 Å². The SMILES string of the molecule is CCn1c(CN(Cc2ccccc2F)C2CC2)nc2cc(S(=O)(=O)N3CCOCC3)ccc21. The summed E-state index contributed by atoms with van der Waals surface area (Å²) < 4.78 is 49.4. The molecule has 0 spiro atoms. The van der Waals surface area contributed by atoms with Crippen LogP contribution in [0.2, 0.25) is 0 Å². The average Bonchev–Trinajstić information content (AvgIpc) is 3.61. The lowest BCUT2D eigenvalue weighted by Crippen LogP contribution is -2.40. The molecule has 0 radical (unpaired) electrons. The molecule has 1 saturated heterocycles. The number of aryl methyl sites for hydroxylation is 1. The van der Waals surface area contributed by atoms with Crippen LogP contribution in [-0.4, -0.2) is 59.5 Å². The number of halogens is 1. The number of hydrogen-bond acceptors (Lipinski definition) is 5. The molecule has 5 rings (SSSR count). The highest BCUT2D eigenvalue weighted by Crippen LogP contribution is 2.31. The zero-order valence-electron chi connectivity index (χ0n) is 18.8. The molecule has 2 aromatic carbocycles. The third-order valence-corrected chi connectivity index (χ3v) is 8.36. The van der Waals surface area contributed by atoms with Crippen LogP contribution in [0.4, 0.5) is 4.39 Å². The van der Waals surface area contributed by atoms with Crippen molar-refractivity contribution in [1.82, 2.24) is 18.8 Å². The van der Waals surface area contributed by atoms with Crippen molar-refractivity contribution < 1.29 is 17.5 Å². The van der Waals surface area contributed by atoms with Gasteiger partial charge in [0.25, 0.3) is 0 Å². The van der Waals surface area contributed by atoms with Gasteiger partial charge in [0.15, 0.2) is 0 Å². The number of hydrogen-bond donors (Lipinski definition) is 0. The second-order valence-corrected chi connectivity index (χ2v) is 10.6. The molecule has 176 valence electrons. The van der Waals surface area contributed by atoms with Crippen LogP contribution in [0.5, 0.6) is 0 Å². The van der Waals surface area contributed by atoms with Crippen LogP contribution in [0.1, 0.15) is 31.2 Å². The first-order valence-electron chi connectivity index (χ1n) is 11.5. The van der Waals surface area contributed by atoms with Gasteiger partial charge in [0.2, 0.25) is 10.0 Å². The van der Waals surface area contributed by atoms with E-state index in [1.165, 1.54) is 10.4 Å². The summed E-state index contributed by atoms with van der Waals surface area (Å²) in [6.45, 7) is 5.45. The molecular formula is C24H29FN4O3S. The van der Waals surface area contributed by atoms with Crippen LogP contribution in [0, 0.1) is 5.82 Å². The minimum atomic E-state index is -3.58. The van der Waals surface area contributed by atoms with Gasteiger partial charge >= 0.3 is 0 Å². The minimum Gasteiger partial charge on any atom is -0.379 e. The van der Waals surface area contributed by atoms with Gasteiger partial charge in [-0.25, -0.2) is 17.8 Å². The largest absolute Gasteiger partial charge is 0.379 e. The van der Waals surface area contributed by atoms with Crippen molar-refractivity contribution in [2.45, 2.75) is 50.3 Å². The molecule has 9 heteroatoms. The van der Waals surface area contributed by atoms with Gasteiger partial charge in [0.05, 0.1) is 35.7 Å². The smallest absolute Gasteiger partial charge is 0.243 e. The summed E-state index contributed by atoms with van der Waals surface area (Å²) >= 11 is 0. The Kier molecular flexibility index (Phi) is 6.22. The first-order chi connectivity index (χ1) is 16.0. The van der Waals surface area contributed by atoms with E-state index in [9.17, 15) is 12.8 Å². The lowest BCUT2D eigenvalue weighted by atomic mass is 10.2. The fourth-order valence-electron chi connectivity index (χ4n) is 4.51. The number of fused-ring (bicyclic) bond motifs is 1. The molecule has 0 unspecified atom stereocenters. The maximum Gasteiger partial charge on any atom is 0.243 e. The Morgan fingerprint density at radius 2 is 1.88 bits per heavy atom. The zero-order chi connectivity index (χ0) is 23.0. The lowest BCUT2D eigenvalue weighted by Gasteiger charge is -2.26. The van der Waals surface area contributed by atoms with Gasteiger partial charge in [-0.1, -0.05) is 18.2 Å². The van der Waals surface area contributed by atoms with Crippen molar-refractivity contribution in [3.8, 4) is 0 Å². The van der Waals surface area contributed by atoms with Gasteiger partial charge in [-0.15, -0.1) is 0 Å². The third kappa shape index (κ3) is 4.55. The first kappa shape index (κ1) is 22.5. The number of nitrogens with zero attached hydrogens (tertiary/aromatic N) is 4. The summed E-state index contributed by atoms with van der Waals surface area (Å²) in [6.07, 6.45) is 2.20. The fraction of sp³-hybridized carbons (Fsp3) is 0.458. The predicted octanol–water partition coefficient (Wildman–Crippen LogP) is 3.38. The Morgan fingerprint density at radius 3 is 2.58 bits per heavy atom. The summed E-state index contributed by atoms with van der Waals surface area (Å²) in [5.74, 6) is 0.682.